The number of carbonyl (C=O) groups is 3. The van der Waals surface area contributed by atoms with Crippen molar-refractivity contribution in [1.29, 1.82) is 0 Å². The molecule has 1 N–H and O–H groups in total. The van der Waals surface area contributed by atoms with Crippen molar-refractivity contribution in [2.75, 3.05) is 6.54 Å². The van der Waals surface area contributed by atoms with Gasteiger partial charge in [-0.15, -0.1) is 0 Å². The minimum Gasteiger partial charge on any atom is -0.481 e. The highest BCUT2D eigenvalue weighted by Gasteiger charge is 2.50. The summed E-state index contributed by atoms with van der Waals surface area (Å²) in [5.41, 5.74) is -0.902. The molecule has 2 aliphatic carbocycles. The van der Waals surface area contributed by atoms with Crippen molar-refractivity contribution in [3.63, 3.8) is 0 Å². The van der Waals surface area contributed by atoms with E-state index in [2.05, 4.69) is 0 Å². The summed E-state index contributed by atoms with van der Waals surface area (Å²) < 4.78 is 0. The molecular formula is C15H21NO4. The van der Waals surface area contributed by atoms with Crippen LogP contribution in [0.15, 0.2) is 0 Å². The van der Waals surface area contributed by atoms with Crippen molar-refractivity contribution in [3.05, 3.63) is 0 Å². The topological polar surface area (TPSA) is 74.7 Å². The third-order valence-electron chi connectivity index (χ3n) is 5.39. The highest BCUT2D eigenvalue weighted by molar-refractivity contribution is 6.01. The van der Waals surface area contributed by atoms with Crippen LogP contribution in [0.2, 0.25) is 0 Å². The third-order valence-corrected chi connectivity index (χ3v) is 5.39. The van der Waals surface area contributed by atoms with Gasteiger partial charge in [0.25, 0.3) is 0 Å². The molecule has 3 aliphatic rings. The van der Waals surface area contributed by atoms with Crippen molar-refractivity contribution in [1.82, 2.24) is 4.90 Å². The fourth-order valence-electron chi connectivity index (χ4n) is 4.11. The van der Waals surface area contributed by atoms with Gasteiger partial charge in [-0.1, -0.05) is 19.3 Å². The summed E-state index contributed by atoms with van der Waals surface area (Å²) >= 11 is 0. The Labute approximate surface area is 118 Å². The molecule has 2 bridgehead atoms. The number of aliphatic carboxylic acids is 1. The number of hydrogen-bond donors (Lipinski definition) is 1. The minimum atomic E-state index is -0.902. The number of piperidine rings is 1. The average Bonchev–Trinajstić information content (AvgIpc) is 2.90. The van der Waals surface area contributed by atoms with Gasteiger partial charge in [0.05, 0.1) is 5.41 Å². The number of fused-ring (bicyclic) bond motifs is 2. The molecule has 2 saturated carbocycles. The molecule has 0 aromatic rings. The number of hydrogen-bond acceptors (Lipinski definition) is 3. The van der Waals surface area contributed by atoms with Crippen molar-refractivity contribution >= 4 is 17.8 Å². The first-order valence-corrected chi connectivity index (χ1v) is 7.62. The standard InChI is InChI=1S/C15H21NO4/c17-12-10-4-5-11(8-10)13(18)16(12)9-15(14(19)20)6-2-1-3-7-15/h10-11H,1-9H2,(H,19,20). The summed E-state index contributed by atoms with van der Waals surface area (Å²) in [4.78, 5) is 37.7. The van der Waals surface area contributed by atoms with Crippen LogP contribution in [0.5, 0.6) is 0 Å². The van der Waals surface area contributed by atoms with Crippen molar-refractivity contribution in [2.24, 2.45) is 17.3 Å². The highest BCUT2D eigenvalue weighted by atomic mass is 16.4. The lowest BCUT2D eigenvalue weighted by Gasteiger charge is -2.39. The number of amides is 2. The Kier molecular flexibility index (Phi) is 3.30. The molecule has 2 amide bonds. The van der Waals surface area contributed by atoms with Crippen molar-refractivity contribution in [2.45, 2.75) is 51.4 Å². The first kappa shape index (κ1) is 13.6. The molecule has 5 nitrogen and oxygen atoms in total. The Morgan fingerprint density at radius 1 is 1.10 bits per heavy atom. The van der Waals surface area contributed by atoms with E-state index in [1.54, 1.807) is 0 Å². The predicted octanol–water partition coefficient (Wildman–Crippen LogP) is 1.81. The fraction of sp³-hybridized carbons (Fsp3) is 0.800. The normalized spacial score (nSPS) is 32.5. The van der Waals surface area contributed by atoms with Gasteiger partial charge in [0.2, 0.25) is 11.8 Å². The monoisotopic (exact) mass is 279 g/mol. The number of carboxylic acid groups (broad SMARTS) is 1. The Hall–Kier alpha value is -1.39. The quantitative estimate of drug-likeness (QED) is 0.799. The van der Waals surface area contributed by atoms with Gasteiger partial charge in [-0.3, -0.25) is 19.3 Å². The summed E-state index contributed by atoms with van der Waals surface area (Å²) in [5, 5.41) is 9.59. The summed E-state index contributed by atoms with van der Waals surface area (Å²) in [6.45, 7) is 0.0903. The number of carboxylic acids is 1. The van der Waals surface area contributed by atoms with E-state index < -0.39 is 11.4 Å². The highest BCUT2D eigenvalue weighted by Crippen LogP contribution is 2.42. The maximum Gasteiger partial charge on any atom is 0.311 e. The SMILES string of the molecule is O=C1C2CCC(C2)C(=O)N1CC1(C(=O)O)CCCCC1. The third kappa shape index (κ3) is 2.03. The number of nitrogens with zero attached hydrogens (tertiary/aromatic N) is 1. The minimum absolute atomic E-state index is 0.0489. The van der Waals surface area contributed by atoms with E-state index in [1.807, 2.05) is 0 Å². The molecule has 3 rings (SSSR count). The lowest BCUT2D eigenvalue weighted by Crippen LogP contribution is -2.53. The zero-order valence-corrected chi connectivity index (χ0v) is 11.6. The van der Waals surface area contributed by atoms with Crippen LogP contribution in [0.3, 0.4) is 0 Å². The van der Waals surface area contributed by atoms with Gasteiger partial charge in [0, 0.05) is 18.4 Å². The van der Waals surface area contributed by atoms with Crippen LogP contribution in [-0.2, 0) is 14.4 Å². The van der Waals surface area contributed by atoms with E-state index >= 15 is 0 Å². The second kappa shape index (κ2) is 4.86. The van der Waals surface area contributed by atoms with Crippen molar-refractivity contribution in [3.8, 4) is 0 Å². The summed E-state index contributed by atoms with van der Waals surface area (Å²) in [7, 11) is 0. The lowest BCUT2D eigenvalue weighted by atomic mass is 9.73. The van der Waals surface area contributed by atoms with E-state index in [-0.39, 0.29) is 30.2 Å². The van der Waals surface area contributed by atoms with E-state index in [1.165, 1.54) is 4.90 Å². The van der Waals surface area contributed by atoms with E-state index in [9.17, 15) is 19.5 Å². The molecule has 110 valence electrons. The molecule has 0 aromatic carbocycles. The lowest BCUT2D eigenvalue weighted by molar-refractivity contribution is -0.161. The molecule has 1 aliphatic heterocycles. The number of rotatable bonds is 3. The van der Waals surface area contributed by atoms with E-state index in [0.29, 0.717) is 19.3 Å². The maximum atomic E-state index is 12.3. The molecule has 1 saturated heterocycles. The van der Waals surface area contributed by atoms with Gasteiger partial charge in [-0.05, 0) is 32.1 Å². The largest absolute Gasteiger partial charge is 0.481 e. The molecule has 0 radical (unpaired) electrons. The van der Waals surface area contributed by atoms with Gasteiger partial charge in [0.15, 0.2) is 0 Å². The second-order valence-corrected chi connectivity index (χ2v) is 6.62. The van der Waals surface area contributed by atoms with Crippen LogP contribution < -0.4 is 0 Å². The fourth-order valence-corrected chi connectivity index (χ4v) is 4.11. The smallest absolute Gasteiger partial charge is 0.311 e. The van der Waals surface area contributed by atoms with Crippen LogP contribution in [0, 0.1) is 17.3 Å². The van der Waals surface area contributed by atoms with Gasteiger partial charge in [-0.25, -0.2) is 0 Å². The second-order valence-electron chi connectivity index (χ2n) is 6.62. The maximum absolute atomic E-state index is 12.3. The van der Waals surface area contributed by atoms with Crippen LogP contribution >= 0.6 is 0 Å². The van der Waals surface area contributed by atoms with Gasteiger partial charge < -0.3 is 5.11 Å². The van der Waals surface area contributed by atoms with Gasteiger partial charge in [0.1, 0.15) is 0 Å². The zero-order chi connectivity index (χ0) is 14.3. The predicted molar refractivity (Wildman–Crippen MR) is 70.7 cm³/mol. The first-order valence-electron chi connectivity index (χ1n) is 7.62. The number of carbonyl (C=O) groups excluding carboxylic acids is 2. The van der Waals surface area contributed by atoms with Gasteiger partial charge >= 0.3 is 5.97 Å². The van der Waals surface area contributed by atoms with Crippen LogP contribution in [-0.4, -0.2) is 34.3 Å². The molecule has 20 heavy (non-hydrogen) atoms. The Morgan fingerprint density at radius 3 is 2.15 bits per heavy atom. The molecule has 2 atom stereocenters. The van der Waals surface area contributed by atoms with Crippen LogP contribution in [0.1, 0.15) is 51.4 Å². The molecule has 5 heteroatoms. The van der Waals surface area contributed by atoms with Crippen molar-refractivity contribution < 1.29 is 19.5 Å². The van der Waals surface area contributed by atoms with Crippen LogP contribution in [0.4, 0.5) is 0 Å². The van der Waals surface area contributed by atoms with E-state index in [0.717, 1.165) is 32.1 Å². The number of likely N-dealkylation sites (tertiary alicyclic amines) is 1. The molecule has 2 unspecified atom stereocenters. The number of imide groups is 1. The molecule has 0 aromatic heterocycles. The van der Waals surface area contributed by atoms with E-state index in [4.69, 9.17) is 0 Å². The van der Waals surface area contributed by atoms with Gasteiger partial charge in [-0.2, -0.15) is 0 Å². The Morgan fingerprint density at radius 2 is 1.65 bits per heavy atom. The molecule has 3 fully saturated rings. The molecule has 1 heterocycles. The summed E-state index contributed by atoms with van der Waals surface area (Å²) in [6, 6.07) is 0. The molecule has 0 spiro atoms. The average molecular weight is 279 g/mol. The zero-order valence-electron chi connectivity index (χ0n) is 11.6. The Balaban J connectivity index is 1.83. The summed E-state index contributed by atoms with van der Waals surface area (Å²) in [6.07, 6.45) is 6.18. The first-order chi connectivity index (χ1) is 9.53. The van der Waals surface area contributed by atoms with Crippen LogP contribution in [0.25, 0.3) is 0 Å². The Bertz CT molecular complexity index is 431. The summed E-state index contributed by atoms with van der Waals surface area (Å²) in [5.74, 6) is -1.21. The molecular weight excluding hydrogens is 258 g/mol.